The van der Waals surface area contributed by atoms with Gasteiger partial charge in [-0.3, -0.25) is 4.79 Å². The summed E-state index contributed by atoms with van der Waals surface area (Å²) in [6, 6.07) is 15.2. The SMILES string of the molecule is Cc1cc(C)c(Nc2cc(C(=O)Nc3ccccc3)nc(C)n2)c(C)c1. The van der Waals surface area contributed by atoms with Crippen molar-refractivity contribution in [2.45, 2.75) is 27.7 Å². The number of hydrogen-bond acceptors (Lipinski definition) is 4. The minimum Gasteiger partial charge on any atom is -0.340 e. The Bertz CT molecular complexity index is 928. The summed E-state index contributed by atoms with van der Waals surface area (Å²) < 4.78 is 0. The molecule has 0 radical (unpaired) electrons. The molecule has 132 valence electrons. The number of nitrogens with one attached hydrogen (secondary N) is 2. The van der Waals surface area contributed by atoms with E-state index >= 15 is 0 Å². The molecule has 1 aromatic heterocycles. The molecule has 0 aliphatic carbocycles. The van der Waals surface area contributed by atoms with Crippen molar-refractivity contribution in [2.24, 2.45) is 0 Å². The Balaban J connectivity index is 1.87. The summed E-state index contributed by atoms with van der Waals surface area (Å²) in [5.41, 5.74) is 5.54. The van der Waals surface area contributed by atoms with Crippen LogP contribution in [-0.2, 0) is 0 Å². The minimum atomic E-state index is -0.262. The number of nitrogens with zero attached hydrogens (tertiary/aromatic N) is 2. The first kappa shape index (κ1) is 17.6. The Morgan fingerprint density at radius 3 is 2.19 bits per heavy atom. The van der Waals surface area contributed by atoms with Gasteiger partial charge in [0, 0.05) is 17.4 Å². The Labute approximate surface area is 153 Å². The van der Waals surface area contributed by atoms with Crippen molar-refractivity contribution >= 4 is 23.1 Å². The van der Waals surface area contributed by atoms with Crippen LogP contribution in [0.2, 0.25) is 0 Å². The Hall–Kier alpha value is -3.21. The quantitative estimate of drug-likeness (QED) is 0.718. The first-order valence-electron chi connectivity index (χ1n) is 8.49. The van der Waals surface area contributed by atoms with E-state index in [0.29, 0.717) is 17.3 Å². The molecule has 0 spiro atoms. The van der Waals surface area contributed by atoms with E-state index in [1.807, 2.05) is 30.3 Å². The van der Waals surface area contributed by atoms with Crippen LogP contribution < -0.4 is 10.6 Å². The number of amides is 1. The lowest BCUT2D eigenvalue weighted by Crippen LogP contribution is -2.15. The van der Waals surface area contributed by atoms with Gasteiger partial charge < -0.3 is 10.6 Å². The largest absolute Gasteiger partial charge is 0.340 e. The van der Waals surface area contributed by atoms with Gasteiger partial charge in [0.15, 0.2) is 0 Å². The number of rotatable bonds is 4. The topological polar surface area (TPSA) is 66.9 Å². The maximum absolute atomic E-state index is 12.5. The third kappa shape index (κ3) is 4.06. The van der Waals surface area contributed by atoms with E-state index in [-0.39, 0.29) is 5.91 Å². The van der Waals surface area contributed by atoms with Gasteiger partial charge in [-0.15, -0.1) is 0 Å². The second-order valence-electron chi connectivity index (χ2n) is 6.40. The molecule has 1 heterocycles. The molecule has 0 atom stereocenters. The lowest BCUT2D eigenvalue weighted by molar-refractivity contribution is 0.102. The van der Waals surface area contributed by atoms with Crippen LogP contribution in [0.4, 0.5) is 17.2 Å². The number of benzene rings is 2. The standard InChI is InChI=1S/C21H22N4O/c1-13-10-14(2)20(15(3)11-13)25-19-12-18(22-16(4)23-19)21(26)24-17-8-6-5-7-9-17/h5-12H,1-4H3,(H,24,26)(H,22,23,25). The molecule has 3 aromatic rings. The fraction of sp³-hybridized carbons (Fsp3) is 0.190. The predicted molar refractivity (Wildman–Crippen MR) is 105 cm³/mol. The van der Waals surface area contributed by atoms with Crippen molar-refractivity contribution in [2.75, 3.05) is 10.6 Å². The summed E-state index contributed by atoms with van der Waals surface area (Å²) in [7, 11) is 0. The van der Waals surface area contributed by atoms with Gasteiger partial charge in [0.2, 0.25) is 0 Å². The highest BCUT2D eigenvalue weighted by molar-refractivity contribution is 6.03. The normalized spacial score (nSPS) is 10.5. The summed E-state index contributed by atoms with van der Waals surface area (Å²) in [5, 5.41) is 6.19. The molecule has 2 N–H and O–H groups in total. The van der Waals surface area contributed by atoms with Crippen LogP contribution in [0.3, 0.4) is 0 Å². The highest BCUT2D eigenvalue weighted by Crippen LogP contribution is 2.25. The molecule has 0 bridgehead atoms. The highest BCUT2D eigenvalue weighted by Gasteiger charge is 2.12. The predicted octanol–water partition coefficient (Wildman–Crippen LogP) is 4.71. The second-order valence-corrected chi connectivity index (χ2v) is 6.40. The molecule has 5 nitrogen and oxygen atoms in total. The Morgan fingerprint density at radius 2 is 1.54 bits per heavy atom. The van der Waals surface area contributed by atoms with Gasteiger partial charge in [-0.25, -0.2) is 9.97 Å². The number of carbonyl (C=O) groups excluding carboxylic acids is 1. The molecular formula is C21H22N4O. The van der Waals surface area contributed by atoms with Crippen LogP contribution in [0.5, 0.6) is 0 Å². The number of carbonyl (C=O) groups is 1. The van der Waals surface area contributed by atoms with Crippen LogP contribution in [0.1, 0.15) is 33.0 Å². The fourth-order valence-electron chi connectivity index (χ4n) is 2.97. The summed E-state index contributed by atoms with van der Waals surface area (Å²) in [5.74, 6) is 0.878. The molecule has 0 saturated heterocycles. The highest BCUT2D eigenvalue weighted by atomic mass is 16.1. The van der Waals surface area contributed by atoms with Crippen molar-refractivity contribution < 1.29 is 4.79 Å². The molecule has 0 saturated carbocycles. The van der Waals surface area contributed by atoms with Crippen LogP contribution in [-0.4, -0.2) is 15.9 Å². The molecule has 5 heteroatoms. The molecule has 3 rings (SSSR count). The number of anilines is 3. The smallest absolute Gasteiger partial charge is 0.274 e. The zero-order valence-corrected chi connectivity index (χ0v) is 15.4. The number of hydrogen-bond donors (Lipinski definition) is 2. The lowest BCUT2D eigenvalue weighted by Gasteiger charge is -2.14. The molecule has 0 aliphatic heterocycles. The molecule has 0 unspecified atom stereocenters. The summed E-state index contributed by atoms with van der Waals surface area (Å²) in [4.78, 5) is 21.2. The van der Waals surface area contributed by atoms with Gasteiger partial charge in [-0.05, 0) is 51.0 Å². The van der Waals surface area contributed by atoms with E-state index in [1.54, 1.807) is 13.0 Å². The van der Waals surface area contributed by atoms with E-state index in [2.05, 4.69) is 53.5 Å². The third-order valence-electron chi connectivity index (χ3n) is 4.03. The van der Waals surface area contributed by atoms with Gasteiger partial charge in [0.1, 0.15) is 17.3 Å². The van der Waals surface area contributed by atoms with Gasteiger partial charge in [0.05, 0.1) is 0 Å². The van der Waals surface area contributed by atoms with E-state index < -0.39 is 0 Å². The average Bonchev–Trinajstić information content (AvgIpc) is 2.58. The Kier molecular flexibility index (Phi) is 4.98. The van der Waals surface area contributed by atoms with Gasteiger partial charge in [-0.2, -0.15) is 0 Å². The van der Waals surface area contributed by atoms with Crippen LogP contribution in [0, 0.1) is 27.7 Å². The Morgan fingerprint density at radius 1 is 0.885 bits per heavy atom. The monoisotopic (exact) mass is 346 g/mol. The number of aromatic nitrogens is 2. The maximum atomic E-state index is 12.5. The zero-order chi connectivity index (χ0) is 18.7. The van der Waals surface area contributed by atoms with Gasteiger partial charge in [0.25, 0.3) is 5.91 Å². The zero-order valence-electron chi connectivity index (χ0n) is 15.4. The molecule has 0 aliphatic rings. The molecule has 1 amide bonds. The maximum Gasteiger partial charge on any atom is 0.274 e. The molecule has 26 heavy (non-hydrogen) atoms. The summed E-state index contributed by atoms with van der Waals surface area (Å²) in [6.07, 6.45) is 0. The second kappa shape index (κ2) is 7.35. The lowest BCUT2D eigenvalue weighted by atomic mass is 10.1. The van der Waals surface area contributed by atoms with Gasteiger partial charge >= 0.3 is 0 Å². The van der Waals surface area contributed by atoms with Crippen LogP contribution in [0.15, 0.2) is 48.5 Å². The van der Waals surface area contributed by atoms with Gasteiger partial charge in [-0.1, -0.05) is 35.9 Å². The first-order valence-corrected chi connectivity index (χ1v) is 8.49. The van der Waals surface area contributed by atoms with Crippen molar-refractivity contribution in [3.05, 3.63) is 76.7 Å². The van der Waals surface area contributed by atoms with E-state index in [4.69, 9.17) is 0 Å². The average molecular weight is 346 g/mol. The van der Waals surface area contributed by atoms with Crippen LogP contribution >= 0.6 is 0 Å². The summed E-state index contributed by atoms with van der Waals surface area (Å²) >= 11 is 0. The molecular weight excluding hydrogens is 324 g/mol. The van der Waals surface area contributed by atoms with E-state index in [0.717, 1.165) is 22.5 Å². The molecule has 0 fully saturated rings. The third-order valence-corrected chi connectivity index (χ3v) is 4.03. The van der Waals surface area contributed by atoms with Crippen molar-refractivity contribution in [1.29, 1.82) is 0 Å². The minimum absolute atomic E-state index is 0.262. The van der Waals surface area contributed by atoms with E-state index in [1.165, 1.54) is 5.56 Å². The number of para-hydroxylation sites is 1. The van der Waals surface area contributed by atoms with Crippen molar-refractivity contribution in [1.82, 2.24) is 9.97 Å². The first-order chi connectivity index (χ1) is 12.4. The summed E-state index contributed by atoms with van der Waals surface area (Å²) in [6.45, 7) is 7.96. The van der Waals surface area contributed by atoms with Crippen molar-refractivity contribution in [3.63, 3.8) is 0 Å². The fourth-order valence-corrected chi connectivity index (χ4v) is 2.97. The van der Waals surface area contributed by atoms with Crippen molar-refractivity contribution in [3.8, 4) is 0 Å². The van der Waals surface area contributed by atoms with E-state index in [9.17, 15) is 4.79 Å². The molecule has 2 aromatic carbocycles. The van der Waals surface area contributed by atoms with Crippen LogP contribution in [0.25, 0.3) is 0 Å². The number of aryl methyl sites for hydroxylation is 4.